The Kier molecular flexibility index (Phi) is 2.70. The van der Waals surface area contributed by atoms with Crippen LogP contribution in [0.25, 0.3) is 0 Å². The molecule has 0 radical (unpaired) electrons. The molecule has 4 heteroatoms. The van der Waals surface area contributed by atoms with Crippen LogP contribution >= 0.6 is 0 Å². The van der Waals surface area contributed by atoms with Crippen molar-refractivity contribution in [2.24, 2.45) is 0 Å². The molecule has 1 amide bonds. The van der Waals surface area contributed by atoms with E-state index in [1.54, 1.807) is 0 Å². The summed E-state index contributed by atoms with van der Waals surface area (Å²) < 4.78 is 0. The van der Waals surface area contributed by atoms with Gasteiger partial charge in [0.1, 0.15) is 0 Å². The minimum absolute atomic E-state index is 0.0451. The quantitative estimate of drug-likeness (QED) is 0.523. The number of rotatable bonds is 1. The van der Waals surface area contributed by atoms with Gasteiger partial charge in [0.15, 0.2) is 0 Å². The molecule has 1 aliphatic carbocycles. The lowest BCUT2D eigenvalue weighted by atomic mass is 9.93. The molecule has 0 spiro atoms. The van der Waals surface area contributed by atoms with Crippen molar-refractivity contribution in [3.63, 3.8) is 0 Å². The summed E-state index contributed by atoms with van der Waals surface area (Å²) >= 11 is 0. The van der Waals surface area contributed by atoms with E-state index in [0.717, 1.165) is 19.3 Å². The Hall–Kier alpha value is -0.770. The average Bonchev–Trinajstić information content (AvgIpc) is 1.85. The highest BCUT2D eigenvalue weighted by molar-refractivity contribution is 5.64. The van der Waals surface area contributed by atoms with Gasteiger partial charge < -0.3 is 15.5 Å². The van der Waals surface area contributed by atoms with Gasteiger partial charge in [-0.05, 0) is 25.7 Å². The first-order valence-corrected chi connectivity index (χ1v) is 3.86. The van der Waals surface area contributed by atoms with Gasteiger partial charge in [0.05, 0.1) is 6.10 Å². The zero-order chi connectivity index (χ0) is 8.27. The van der Waals surface area contributed by atoms with Crippen LogP contribution in [-0.4, -0.2) is 28.5 Å². The van der Waals surface area contributed by atoms with Gasteiger partial charge in [0, 0.05) is 6.04 Å². The first-order chi connectivity index (χ1) is 5.18. The fourth-order valence-corrected chi connectivity index (χ4v) is 1.47. The van der Waals surface area contributed by atoms with Crippen LogP contribution in [0.2, 0.25) is 0 Å². The predicted octanol–water partition coefficient (Wildman–Crippen LogP) is 0.557. The highest BCUT2D eigenvalue weighted by Gasteiger charge is 2.20. The third kappa shape index (κ3) is 2.76. The number of aliphatic hydroxyl groups is 1. The van der Waals surface area contributed by atoms with Crippen LogP contribution in [0, 0.1) is 0 Å². The lowest BCUT2D eigenvalue weighted by Gasteiger charge is -2.25. The monoisotopic (exact) mass is 159 g/mol. The number of carboxylic acid groups (broad SMARTS) is 1. The molecule has 1 rings (SSSR count). The molecule has 0 aromatic carbocycles. The van der Waals surface area contributed by atoms with Crippen LogP contribution in [0.4, 0.5) is 4.79 Å². The largest absolute Gasteiger partial charge is 0.465 e. The molecule has 0 aromatic rings. The Labute approximate surface area is 65.2 Å². The summed E-state index contributed by atoms with van der Waals surface area (Å²) in [5, 5.41) is 19.9. The van der Waals surface area contributed by atoms with E-state index in [1.807, 2.05) is 0 Å². The molecule has 0 bridgehead atoms. The highest BCUT2D eigenvalue weighted by atomic mass is 16.4. The molecule has 2 unspecified atom stereocenters. The molecule has 0 heterocycles. The molecule has 0 aromatic heterocycles. The maximum atomic E-state index is 10.2. The summed E-state index contributed by atoms with van der Waals surface area (Å²) in [7, 11) is 0. The Morgan fingerprint density at radius 3 is 2.73 bits per heavy atom. The first-order valence-electron chi connectivity index (χ1n) is 3.86. The molecule has 0 aliphatic heterocycles. The second-order valence-corrected chi connectivity index (χ2v) is 2.97. The molecule has 1 saturated carbocycles. The molecule has 0 saturated heterocycles. The Bertz CT molecular complexity index is 149. The number of amides is 1. The molecular formula is C7H13NO3. The third-order valence-electron chi connectivity index (χ3n) is 1.97. The van der Waals surface area contributed by atoms with Crippen LogP contribution < -0.4 is 5.32 Å². The molecule has 1 fully saturated rings. The molecular weight excluding hydrogens is 146 g/mol. The van der Waals surface area contributed by atoms with Gasteiger partial charge >= 0.3 is 6.09 Å². The van der Waals surface area contributed by atoms with Crippen LogP contribution in [0.1, 0.15) is 25.7 Å². The number of hydrogen-bond acceptors (Lipinski definition) is 2. The van der Waals surface area contributed by atoms with Crippen LogP contribution in [0.5, 0.6) is 0 Å². The molecule has 2 atom stereocenters. The zero-order valence-corrected chi connectivity index (χ0v) is 6.29. The normalized spacial score (nSPS) is 31.4. The third-order valence-corrected chi connectivity index (χ3v) is 1.97. The summed E-state index contributed by atoms with van der Waals surface area (Å²) in [5.41, 5.74) is 0. The maximum Gasteiger partial charge on any atom is 0.404 e. The number of hydrogen-bond donors (Lipinski definition) is 3. The summed E-state index contributed by atoms with van der Waals surface area (Å²) in [5.74, 6) is 0. The van der Waals surface area contributed by atoms with E-state index >= 15 is 0 Å². The van der Waals surface area contributed by atoms with Crippen LogP contribution in [-0.2, 0) is 0 Å². The van der Waals surface area contributed by atoms with Gasteiger partial charge in [-0.1, -0.05) is 0 Å². The van der Waals surface area contributed by atoms with E-state index in [1.165, 1.54) is 0 Å². The Morgan fingerprint density at radius 2 is 2.18 bits per heavy atom. The highest BCUT2D eigenvalue weighted by Crippen LogP contribution is 2.17. The fourth-order valence-electron chi connectivity index (χ4n) is 1.47. The van der Waals surface area contributed by atoms with Gasteiger partial charge in [-0.15, -0.1) is 0 Å². The Morgan fingerprint density at radius 1 is 1.45 bits per heavy atom. The van der Waals surface area contributed by atoms with Crippen LogP contribution in [0.15, 0.2) is 0 Å². The SMILES string of the molecule is O=C(O)NC1CCCC(O)C1. The minimum Gasteiger partial charge on any atom is -0.465 e. The van der Waals surface area contributed by atoms with Crippen molar-refractivity contribution in [3.8, 4) is 0 Å². The summed E-state index contributed by atoms with van der Waals surface area (Å²) in [6.45, 7) is 0. The number of nitrogens with one attached hydrogen (secondary N) is 1. The number of aliphatic hydroxyl groups excluding tert-OH is 1. The van der Waals surface area contributed by atoms with Crippen molar-refractivity contribution in [1.29, 1.82) is 0 Å². The minimum atomic E-state index is -0.996. The molecule has 1 aliphatic rings. The van der Waals surface area contributed by atoms with E-state index < -0.39 is 6.09 Å². The zero-order valence-electron chi connectivity index (χ0n) is 6.29. The van der Waals surface area contributed by atoms with E-state index in [9.17, 15) is 4.79 Å². The van der Waals surface area contributed by atoms with E-state index in [0.29, 0.717) is 6.42 Å². The van der Waals surface area contributed by atoms with E-state index in [-0.39, 0.29) is 12.1 Å². The predicted molar refractivity (Wildman–Crippen MR) is 39.4 cm³/mol. The molecule has 64 valence electrons. The van der Waals surface area contributed by atoms with Gasteiger partial charge in [-0.25, -0.2) is 4.79 Å². The van der Waals surface area contributed by atoms with Crippen LogP contribution in [0.3, 0.4) is 0 Å². The Balaban J connectivity index is 2.28. The van der Waals surface area contributed by atoms with E-state index in [2.05, 4.69) is 5.32 Å². The van der Waals surface area contributed by atoms with Crippen molar-refractivity contribution >= 4 is 6.09 Å². The second-order valence-electron chi connectivity index (χ2n) is 2.97. The van der Waals surface area contributed by atoms with Crippen molar-refractivity contribution < 1.29 is 15.0 Å². The van der Waals surface area contributed by atoms with E-state index in [4.69, 9.17) is 10.2 Å². The van der Waals surface area contributed by atoms with Gasteiger partial charge in [0.25, 0.3) is 0 Å². The lowest BCUT2D eigenvalue weighted by Crippen LogP contribution is -2.38. The number of carbonyl (C=O) groups is 1. The summed E-state index contributed by atoms with van der Waals surface area (Å²) in [6, 6.07) is -0.0451. The smallest absolute Gasteiger partial charge is 0.404 e. The summed E-state index contributed by atoms with van der Waals surface area (Å²) in [6.07, 6.45) is 1.81. The fraction of sp³-hybridized carbons (Fsp3) is 0.857. The van der Waals surface area contributed by atoms with Crippen molar-refractivity contribution in [1.82, 2.24) is 5.32 Å². The van der Waals surface area contributed by atoms with Gasteiger partial charge in [-0.3, -0.25) is 0 Å². The van der Waals surface area contributed by atoms with Gasteiger partial charge in [-0.2, -0.15) is 0 Å². The summed E-state index contributed by atoms with van der Waals surface area (Å²) in [4.78, 5) is 10.2. The second kappa shape index (κ2) is 3.57. The first kappa shape index (κ1) is 8.33. The lowest BCUT2D eigenvalue weighted by molar-refractivity contribution is 0.109. The van der Waals surface area contributed by atoms with Crippen molar-refractivity contribution in [2.45, 2.75) is 37.8 Å². The van der Waals surface area contributed by atoms with Crippen molar-refractivity contribution in [2.75, 3.05) is 0 Å². The van der Waals surface area contributed by atoms with Crippen molar-refractivity contribution in [3.05, 3.63) is 0 Å². The molecule has 4 nitrogen and oxygen atoms in total. The topological polar surface area (TPSA) is 69.6 Å². The molecule has 3 N–H and O–H groups in total. The average molecular weight is 159 g/mol. The standard InChI is InChI=1S/C7H13NO3/c9-6-3-1-2-5(4-6)8-7(10)11/h5-6,8-9H,1-4H2,(H,10,11). The molecule has 11 heavy (non-hydrogen) atoms. The maximum absolute atomic E-state index is 10.2. The van der Waals surface area contributed by atoms with Gasteiger partial charge in [0.2, 0.25) is 0 Å².